The number of aliphatic hydroxyl groups excluding tert-OH is 1. The zero-order chi connectivity index (χ0) is 22.7. The Hall–Kier alpha value is -2.87. The van der Waals surface area contributed by atoms with Gasteiger partial charge in [0.2, 0.25) is 0 Å². The van der Waals surface area contributed by atoms with Gasteiger partial charge in [0.1, 0.15) is 11.6 Å². The van der Waals surface area contributed by atoms with Crippen LogP contribution in [0.1, 0.15) is 51.2 Å². The number of hydrogen-bond acceptors (Lipinski definition) is 5. The predicted molar refractivity (Wildman–Crippen MR) is 112 cm³/mol. The second kappa shape index (κ2) is 12.0. The van der Waals surface area contributed by atoms with Gasteiger partial charge >= 0.3 is 18.0 Å². The van der Waals surface area contributed by atoms with E-state index in [2.05, 4.69) is 5.32 Å². The largest absolute Gasteiger partial charge is 0.481 e. The van der Waals surface area contributed by atoms with Gasteiger partial charge in [0.25, 0.3) is 0 Å². The van der Waals surface area contributed by atoms with E-state index in [4.69, 9.17) is 9.84 Å². The highest BCUT2D eigenvalue weighted by molar-refractivity contribution is 5.81. The van der Waals surface area contributed by atoms with Gasteiger partial charge in [0, 0.05) is 6.61 Å². The Morgan fingerprint density at radius 1 is 1.10 bits per heavy atom. The van der Waals surface area contributed by atoms with Gasteiger partial charge < -0.3 is 25.4 Å². The van der Waals surface area contributed by atoms with E-state index < -0.39 is 35.6 Å². The van der Waals surface area contributed by atoms with E-state index in [1.54, 1.807) is 32.9 Å². The molecule has 0 saturated heterocycles. The number of aryl methyl sites for hydroxylation is 1. The molecule has 0 aliphatic heterocycles. The number of alkyl carbamates (subject to hydrolysis) is 1. The predicted octanol–water partition coefficient (Wildman–Crippen LogP) is 3.08. The lowest BCUT2D eigenvalue weighted by molar-refractivity contribution is -0.144. The van der Waals surface area contributed by atoms with E-state index in [0.29, 0.717) is 6.42 Å². The van der Waals surface area contributed by atoms with Crippen molar-refractivity contribution in [2.24, 2.45) is 5.92 Å². The molecule has 0 fully saturated rings. The van der Waals surface area contributed by atoms with Gasteiger partial charge in [-0.1, -0.05) is 36.4 Å². The van der Waals surface area contributed by atoms with Crippen molar-refractivity contribution in [2.75, 3.05) is 6.61 Å². The molecular formula is C22H31NO7. The van der Waals surface area contributed by atoms with Gasteiger partial charge in [-0.05, 0) is 57.6 Å². The van der Waals surface area contributed by atoms with Crippen LogP contribution in [0, 0.1) is 5.92 Å². The Labute approximate surface area is 176 Å². The minimum absolute atomic E-state index is 0.112. The van der Waals surface area contributed by atoms with E-state index in [1.807, 2.05) is 24.3 Å². The van der Waals surface area contributed by atoms with E-state index >= 15 is 0 Å². The topological polar surface area (TPSA) is 133 Å². The maximum atomic E-state index is 11.8. The molecule has 2 atom stereocenters. The van der Waals surface area contributed by atoms with Crippen LogP contribution in [0.15, 0.2) is 30.3 Å². The summed E-state index contributed by atoms with van der Waals surface area (Å²) in [6, 6.07) is 6.29. The van der Waals surface area contributed by atoms with Crippen LogP contribution in [-0.4, -0.2) is 51.6 Å². The highest BCUT2D eigenvalue weighted by Crippen LogP contribution is 2.16. The molecular weight excluding hydrogens is 390 g/mol. The number of carbonyl (C=O) groups excluding carboxylic acids is 1. The number of carbonyl (C=O) groups is 3. The number of hydrogen-bond donors (Lipinski definition) is 4. The fourth-order valence-electron chi connectivity index (χ4n) is 2.70. The second-order valence-corrected chi connectivity index (χ2v) is 8.01. The normalized spacial score (nSPS) is 13.6. The van der Waals surface area contributed by atoms with Crippen LogP contribution in [-0.2, 0) is 20.7 Å². The van der Waals surface area contributed by atoms with Crippen LogP contribution < -0.4 is 5.32 Å². The number of allylic oxidation sites excluding steroid dienone is 1. The second-order valence-electron chi connectivity index (χ2n) is 8.01. The number of rotatable bonds is 11. The lowest BCUT2D eigenvalue weighted by atomic mass is 9.96. The average molecular weight is 421 g/mol. The van der Waals surface area contributed by atoms with E-state index in [-0.39, 0.29) is 19.4 Å². The first-order chi connectivity index (χ1) is 14.0. The Bertz CT molecular complexity index is 735. The summed E-state index contributed by atoms with van der Waals surface area (Å²) >= 11 is 0. The number of aliphatic carboxylic acids is 2. The van der Waals surface area contributed by atoms with Crippen LogP contribution in [0.3, 0.4) is 0 Å². The summed E-state index contributed by atoms with van der Waals surface area (Å²) < 4.78 is 5.04. The molecule has 4 N–H and O–H groups in total. The number of ether oxygens (including phenoxy) is 1. The number of amides is 1. The van der Waals surface area contributed by atoms with Crippen molar-refractivity contribution in [3.05, 3.63) is 41.5 Å². The summed E-state index contributed by atoms with van der Waals surface area (Å²) in [7, 11) is 0. The van der Waals surface area contributed by atoms with Gasteiger partial charge in [0.15, 0.2) is 0 Å². The molecule has 0 heterocycles. The Morgan fingerprint density at radius 3 is 2.23 bits per heavy atom. The molecule has 0 unspecified atom stereocenters. The molecule has 8 nitrogen and oxygen atoms in total. The summed E-state index contributed by atoms with van der Waals surface area (Å²) in [4.78, 5) is 34.9. The lowest BCUT2D eigenvalue weighted by Gasteiger charge is -2.23. The zero-order valence-electron chi connectivity index (χ0n) is 17.6. The number of aliphatic hydroxyl groups is 1. The highest BCUT2D eigenvalue weighted by Gasteiger charge is 2.29. The Balaban J connectivity index is 2.71. The molecule has 0 bridgehead atoms. The molecule has 0 aliphatic rings. The van der Waals surface area contributed by atoms with Gasteiger partial charge in [-0.3, -0.25) is 4.79 Å². The molecule has 1 aromatic carbocycles. The fourth-order valence-corrected chi connectivity index (χ4v) is 2.70. The van der Waals surface area contributed by atoms with Crippen LogP contribution in [0.4, 0.5) is 4.79 Å². The molecule has 0 spiro atoms. The first kappa shape index (κ1) is 25.2. The monoisotopic (exact) mass is 421 g/mol. The Morgan fingerprint density at radius 2 is 1.73 bits per heavy atom. The van der Waals surface area contributed by atoms with Crippen LogP contribution >= 0.6 is 0 Å². The van der Waals surface area contributed by atoms with Crippen molar-refractivity contribution < 1.29 is 34.4 Å². The zero-order valence-corrected chi connectivity index (χ0v) is 17.6. The molecule has 0 saturated carbocycles. The van der Waals surface area contributed by atoms with E-state index in [0.717, 1.165) is 17.5 Å². The van der Waals surface area contributed by atoms with Crippen LogP contribution in [0.25, 0.3) is 6.08 Å². The third kappa shape index (κ3) is 10.1. The van der Waals surface area contributed by atoms with Crippen LogP contribution in [0.5, 0.6) is 0 Å². The third-order valence-corrected chi connectivity index (χ3v) is 4.19. The van der Waals surface area contributed by atoms with Gasteiger partial charge in [-0.25, -0.2) is 9.59 Å². The molecule has 1 rings (SSSR count). The third-order valence-electron chi connectivity index (χ3n) is 4.19. The van der Waals surface area contributed by atoms with Gasteiger partial charge in [0.05, 0.1) is 5.92 Å². The Kier molecular flexibility index (Phi) is 10.0. The summed E-state index contributed by atoms with van der Waals surface area (Å²) in [6.07, 6.45) is 3.85. The number of carboxylic acid groups (broad SMARTS) is 2. The van der Waals surface area contributed by atoms with Crippen molar-refractivity contribution in [1.29, 1.82) is 0 Å². The standard InChI is InChI=1S/C22H31NO7/c1-22(2,3)30-21(29)23-18(20(27)28)14-17(19(25)26)8-4-6-15-9-11-16(12-10-15)7-5-13-24/h4,6,9-12,17-18,24H,5,7-8,13-14H2,1-3H3,(H,23,29)(H,25,26)(H,27,28)/t17-,18-/m0/s1. The molecule has 0 radical (unpaired) electrons. The van der Waals surface area contributed by atoms with Gasteiger partial charge in [-0.15, -0.1) is 0 Å². The molecule has 166 valence electrons. The van der Waals surface area contributed by atoms with Crippen molar-refractivity contribution in [2.45, 2.75) is 58.1 Å². The summed E-state index contributed by atoms with van der Waals surface area (Å²) in [6.45, 7) is 5.07. The van der Waals surface area contributed by atoms with Crippen LogP contribution in [0.2, 0.25) is 0 Å². The summed E-state index contributed by atoms with van der Waals surface area (Å²) in [5, 5.41) is 29.9. The molecule has 0 aliphatic carbocycles. The van der Waals surface area contributed by atoms with Crippen molar-refractivity contribution >= 4 is 24.1 Å². The molecule has 1 aromatic rings. The number of benzene rings is 1. The quantitative estimate of drug-likeness (QED) is 0.431. The summed E-state index contributed by atoms with van der Waals surface area (Å²) in [5.74, 6) is -3.45. The minimum atomic E-state index is -1.37. The SMILES string of the molecule is CC(C)(C)OC(=O)N[C@@H](C[C@H](CC=Cc1ccc(CCCO)cc1)C(=O)O)C(=O)O. The summed E-state index contributed by atoms with van der Waals surface area (Å²) in [5.41, 5.74) is 1.19. The minimum Gasteiger partial charge on any atom is -0.481 e. The number of nitrogens with one attached hydrogen (secondary N) is 1. The van der Waals surface area contributed by atoms with E-state index in [1.165, 1.54) is 0 Å². The average Bonchev–Trinajstić information content (AvgIpc) is 2.63. The first-order valence-corrected chi connectivity index (χ1v) is 9.83. The maximum Gasteiger partial charge on any atom is 0.408 e. The molecule has 8 heteroatoms. The smallest absolute Gasteiger partial charge is 0.408 e. The van der Waals surface area contributed by atoms with E-state index in [9.17, 15) is 24.6 Å². The van der Waals surface area contributed by atoms with Crippen molar-refractivity contribution in [3.63, 3.8) is 0 Å². The maximum absolute atomic E-state index is 11.8. The first-order valence-electron chi connectivity index (χ1n) is 9.83. The highest BCUT2D eigenvalue weighted by atomic mass is 16.6. The number of carboxylic acids is 2. The fraction of sp³-hybridized carbons (Fsp3) is 0.500. The van der Waals surface area contributed by atoms with Crippen molar-refractivity contribution in [1.82, 2.24) is 5.32 Å². The molecule has 0 aromatic heterocycles. The van der Waals surface area contributed by atoms with Gasteiger partial charge in [-0.2, -0.15) is 0 Å². The molecule has 1 amide bonds. The van der Waals surface area contributed by atoms with Crippen molar-refractivity contribution in [3.8, 4) is 0 Å². The lowest BCUT2D eigenvalue weighted by Crippen LogP contribution is -2.45. The molecule has 30 heavy (non-hydrogen) atoms.